The third-order valence-corrected chi connectivity index (χ3v) is 4.33. The molecular formula is C18H28N2O4. The average Bonchev–Trinajstić information content (AvgIpc) is 3.02. The molecule has 0 radical (unpaired) electrons. The first-order valence-electron chi connectivity index (χ1n) is 8.33. The van der Waals surface area contributed by atoms with Crippen LogP contribution in [-0.2, 0) is 9.53 Å². The summed E-state index contributed by atoms with van der Waals surface area (Å²) in [5.74, 6) is 1.48. The van der Waals surface area contributed by atoms with Crippen LogP contribution in [-0.4, -0.2) is 57.9 Å². The second kappa shape index (κ2) is 8.89. The minimum Gasteiger partial charge on any atom is -0.493 e. The molecule has 1 N–H and O–H groups in total. The van der Waals surface area contributed by atoms with Gasteiger partial charge in [0, 0.05) is 19.2 Å². The number of ether oxygens (including phenoxy) is 3. The van der Waals surface area contributed by atoms with Crippen molar-refractivity contribution in [1.29, 1.82) is 0 Å². The molecule has 134 valence electrons. The van der Waals surface area contributed by atoms with E-state index in [1.54, 1.807) is 21.3 Å². The van der Waals surface area contributed by atoms with E-state index in [1.807, 2.05) is 19.1 Å². The number of amides is 1. The number of methoxy groups -OCH3 is 3. The van der Waals surface area contributed by atoms with Gasteiger partial charge in [-0.25, -0.2) is 0 Å². The van der Waals surface area contributed by atoms with Gasteiger partial charge >= 0.3 is 0 Å². The Balaban J connectivity index is 2.03. The van der Waals surface area contributed by atoms with Crippen molar-refractivity contribution >= 4 is 5.91 Å². The van der Waals surface area contributed by atoms with Gasteiger partial charge in [0.1, 0.15) is 0 Å². The van der Waals surface area contributed by atoms with E-state index in [-0.39, 0.29) is 18.0 Å². The van der Waals surface area contributed by atoms with Gasteiger partial charge in [-0.2, -0.15) is 0 Å². The summed E-state index contributed by atoms with van der Waals surface area (Å²) >= 11 is 0. The van der Waals surface area contributed by atoms with E-state index in [9.17, 15) is 4.79 Å². The van der Waals surface area contributed by atoms with Crippen molar-refractivity contribution in [3.05, 3.63) is 23.8 Å². The van der Waals surface area contributed by atoms with Gasteiger partial charge in [-0.1, -0.05) is 6.07 Å². The third-order valence-electron chi connectivity index (χ3n) is 4.33. The van der Waals surface area contributed by atoms with Crippen molar-refractivity contribution < 1.29 is 19.0 Å². The number of hydrogen-bond acceptors (Lipinski definition) is 5. The number of nitrogens with zero attached hydrogens (tertiary/aromatic N) is 1. The normalized spacial score (nSPS) is 19.1. The second-order valence-electron chi connectivity index (χ2n) is 6.17. The average molecular weight is 336 g/mol. The molecule has 2 rings (SSSR count). The van der Waals surface area contributed by atoms with Gasteiger partial charge in [-0.3, -0.25) is 9.69 Å². The lowest BCUT2D eigenvalue weighted by Crippen LogP contribution is -2.42. The molecule has 1 aromatic carbocycles. The molecule has 1 heterocycles. The molecular weight excluding hydrogens is 308 g/mol. The number of carbonyl (C=O) groups is 1. The highest BCUT2D eigenvalue weighted by Gasteiger charge is 2.28. The molecule has 1 aromatic rings. The summed E-state index contributed by atoms with van der Waals surface area (Å²) in [6, 6.07) is 6.23. The fraction of sp³-hybridized carbons (Fsp3) is 0.611. The molecule has 1 amide bonds. The summed E-state index contributed by atoms with van der Waals surface area (Å²) in [7, 11) is 4.90. The van der Waals surface area contributed by atoms with Gasteiger partial charge in [0.2, 0.25) is 5.91 Å². The van der Waals surface area contributed by atoms with Gasteiger partial charge in [-0.05, 0) is 44.0 Å². The first-order chi connectivity index (χ1) is 11.6. The number of hydrogen-bond donors (Lipinski definition) is 1. The molecule has 0 aliphatic carbocycles. The van der Waals surface area contributed by atoms with Crippen LogP contribution >= 0.6 is 0 Å². The minimum absolute atomic E-state index is 0.0182. The zero-order valence-electron chi connectivity index (χ0n) is 15.0. The van der Waals surface area contributed by atoms with E-state index in [0.717, 1.165) is 36.4 Å². The van der Waals surface area contributed by atoms with Crippen LogP contribution in [0.1, 0.15) is 31.4 Å². The van der Waals surface area contributed by atoms with Gasteiger partial charge in [0.25, 0.3) is 0 Å². The monoisotopic (exact) mass is 336 g/mol. The Morgan fingerprint density at radius 3 is 2.71 bits per heavy atom. The molecule has 24 heavy (non-hydrogen) atoms. The fourth-order valence-electron chi connectivity index (χ4n) is 3.25. The van der Waals surface area contributed by atoms with Crippen molar-refractivity contribution in [2.75, 3.05) is 41.0 Å². The predicted molar refractivity (Wildman–Crippen MR) is 92.6 cm³/mol. The lowest BCUT2D eigenvalue weighted by atomic mass is 10.0. The Bertz CT molecular complexity index is 550. The maximum atomic E-state index is 12.2. The summed E-state index contributed by atoms with van der Waals surface area (Å²) in [5, 5.41) is 2.97. The zero-order chi connectivity index (χ0) is 17.5. The Labute approximate surface area is 144 Å². The summed E-state index contributed by atoms with van der Waals surface area (Å²) in [5.41, 5.74) is 1.16. The van der Waals surface area contributed by atoms with Crippen LogP contribution < -0.4 is 14.8 Å². The lowest BCUT2D eigenvalue weighted by molar-refractivity contribution is -0.123. The molecule has 1 aliphatic heterocycles. The molecule has 0 spiro atoms. The topological polar surface area (TPSA) is 60.0 Å². The van der Waals surface area contributed by atoms with Gasteiger partial charge in [0.15, 0.2) is 11.5 Å². The van der Waals surface area contributed by atoms with Crippen LogP contribution in [0.4, 0.5) is 0 Å². The fourth-order valence-corrected chi connectivity index (χ4v) is 3.25. The van der Waals surface area contributed by atoms with E-state index < -0.39 is 0 Å². The van der Waals surface area contributed by atoms with Crippen LogP contribution in [0.15, 0.2) is 18.2 Å². The first-order valence-corrected chi connectivity index (χ1v) is 8.33. The quantitative estimate of drug-likeness (QED) is 0.787. The van der Waals surface area contributed by atoms with E-state index >= 15 is 0 Å². The van der Waals surface area contributed by atoms with Crippen molar-refractivity contribution in [3.63, 3.8) is 0 Å². The molecule has 0 aromatic heterocycles. The minimum atomic E-state index is 0.0182. The number of rotatable bonds is 8. The third kappa shape index (κ3) is 4.61. The summed E-state index contributed by atoms with van der Waals surface area (Å²) < 4.78 is 15.8. The van der Waals surface area contributed by atoms with Crippen molar-refractivity contribution in [2.24, 2.45) is 0 Å². The molecule has 1 fully saturated rings. The highest BCUT2D eigenvalue weighted by Crippen LogP contribution is 2.36. The zero-order valence-corrected chi connectivity index (χ0v) is 15.0. The Morgan fingerprint density at radius 1 is 1.29 bits per heavy atom. The first kappa shape index (κ1) is 18.5. The summed E-state index contributed by atoms with van der Waals surface area (Å²) in [6.07, 6.45) is 2.12. The van der Waals surface area contributed by atoms with Crippen LogP contribution in [0.2, 0.25) is 0 Å². The standard InChI is InChI=1S/C18H28N2O4/c1-13(12-22-2)19-18(21)11-20-9-5-6-15(20)14-7-8-16(23-3)17(10-14)24-4/h7-8,10,13,15H,5-6,9,11-12H2,1-4H3,(H,19,21). The van der Waals surface area contributed by atoms with Crippen LogP contribution in [0, 0.1) is 0 Å². The SMILES string of the molecule is COCC(C)NC(=O)CN1CCCC1c1ccc(OC)c(OC)c1. The summed E-state index contributed by atoms with van der Waals surface area (Å²) in [4.78, 5) is 14.5. The maximum Gasteiger partial charge on any atom is 0.234 e. The lowest BCUT2D eigenvalue weighted by Gasteiger charge is -2.25. The molecule has 2 unspecified atom stereocenters. The van der Waals surface area contributed by atoms with E-state index in [1.165, 1.54) is 0 Å². The number of benzene rings is 1. The second-order valence-corrected chi connectivity index (χ2v) is 6.17. The Hall–Kier alpha value is -1.79. The molecule has 6 heteroatoms. The number of carbonyl (C=O) groups excluding carboxylic acids is 1. The van der Waals surface area contributed by atoms with Crippen LogP contribution in [0.3, 0.4) is 0 Å². The molecule has 0 bridgehead atoms. The highest BCUT2D eigenvalue weighted by molar-refractivity contribution is 5.78. The van der Waals surface area contributed by atoms with Gasteiger partial charge < -0.3 is 19.5 Å². The van der Waals surface area contributed by atoms with Crippen molar-refractivity contribution in [2.45, 2.75) is 31.8 Å². The molecule has 1 saturated heterocycles. The van der Waals surface area contributed by atoms with Crippen molar-refractivity contribution in [3.8, 4) is 11.5 Å². The Kier molecular flexibility index (Phi) is 6.87. The van der Waals surface area contributed by atoms with Gasteiger partial charge in [0.05, 0.1) is 27.4 Å². The molecule has 1 aliphatic rings. The van der Waals surface area contributed by atoms with Crippen LogP contribution in [0.5, 0.6) is 11.5 Å². The van der Waals surface area contributed by atoms with Gasteiger partial charge in [-0.15, -0.1) is 0 Å². The highest BCUT2D eigenvalue weighted by atomic mass is 16.5. The van der Waals surface area contributed by atoms with E-state index in [0.29, 0.717) is 13.2 Å². The number of nitrogens with one attached hydrogen (secondary N) is 1. The number of likely N-dealkylation sites (tertiary alicyclic amines) is 1. The largest absolute Gasteiger partial charge is 0.493 e. The summed E-state index contributed by atoms with van der Waals surface area (Å²) in [6.45, 7) is 3.78. The van der Waals surface area contributed by atoms with E-state index in [2.05, 4.69) is 16.3 Å². The smallest absolute Gasteiger partial charge is 0.234 e. The van der Waals surface area contributed by atoms with Crippen LogP contribution in [0.25, 0.3) is 0 Å². The van der Waals surface area contributed by atoms with E-state index in [4.69, 9.17) is 14.2 Å². The van der Waals surface area contributed by atoms with Crippen molar-refractivity contribution in [1.82, 2.24) is 10.2 Å². The molecule has 0 saturated carbocycles. The maximum absolute atomic E-state index is 12.2. The Morgan fingerprint density at radius 2 is 2.04 bits per heavy atom. The predicted octanol–water partition coefficient (Wildman–Crippen LogP) is 1.99. The molecule has 6 nitrogen and oxygen atoms in total. The molecule has 2 atom stereocenters.